The van der Waals surface area contributed by atoms with Gasteiger partial charge >= 0.3 is 5.97 Å². The Bertz CT molecular complexity index is 1010. The number of aliphatic carboxylic acids is 1. The third kappa shape index (κ3) is 7.61. The molecule has 0 aliphatic carbocycles. The Labute approximate surface area is 220 Å². The van der Waals surface area contributed by atoms with Crippen LogP contribution in [-0.4, -0.2) is 59.6 Å². The molecule has 0 unspecified atom stereocenters. The third-order valence-corrected chi connectivity index (χ3v) is 8.38. The Morgan fingerprint density at radius 1 is 1.03 bits per heavy atom. The van der Waals surface area contributed by atoms with Crippen molar-refractivity contribution in [2.24, 2.45) is 17.8 Å². The van der Waals surface area contributed by atoms with Crippen molar-refractivity contribution in [3.63, 3.8) is 0 Å². The van der Waals surface area contributed by atoms with E-state index in [4.69, 9.17) is 0 Å². The van der Waals surface area contributed by atoms with Gasteiger partial charge in [0.1, 0.15) is 6.04 Å². The van der Waals surface area contributed by atoms with Crippen LogP contribution in [0.1, 0.15) is 63.0 Å². The van der Waals surface area contributed by atoms with Crippen LogP contribution in [0.5, 0.6) is 0 Å². The zero-order chi connectivity index (χ0) is 26.4. The molecule has 2 aromatic carbocycles. The number of rotatable bonds is 11. The summed E-state index contributed by atoms with van der Waals surface area (Å²) in [7, 11) is 0. The van der Waals surface area contributed by atoms with Crippen molar-refractivity contribution >= 4 is 5.97 Å². The number of carbonyl (C=O) groups is 1. The topological polar surface area (TPSA) is 43.8 Å². The van der Waals surface area contributed by atoms with Crippen LogP contribution in [0.15, 0.2) is 48.5 Å². The van der Waals surface area contributed by atoms with Crippen molar-refractivity contribution in [2.75, 3.05) is 32.7 Å². The molecule has 0 aromatic heterocycles. The van der Waals surface area contributed by atoms with Gasteiger partial charge in [0.15, 0.2) is 11.6 Å². The Hall–Kier alpha value is -2.31. The van der Waals surface area contributed by atoms with Crippen LogP contribution in [0.25, 0.3) is 0 Å². The van der Waals surface area contributed by atoms with Crippen molar-refractivity contribution in [2.45, 2.75) is 64.3 Å². The minimum Gasteiger partial charge on any atom is -0.480 e. The fourth-order valence-electron chi connectivity index (χ4n) is 6.35. The summed E-state index contributed by atoms with van der Waals surface area (Å²) in [6.45, 7) is 8.98. The van der Waals surface area contributed by atoms with Crippen LogP contribution in [0.4, 0.5) is 8.78 Å². The Morgan fingerprint density at radius 3 is 2.41 bits per heavy atom. The highest BCUT2D eigenvalue weighted by Gasteiger charge is 2.40. The maximum Gasteiger partial charge on any atom is 0.320 e. The lowest BCUT2D eigenvalue weighted by Gasteiger charge is -2.35. The van der Waals surface area contributed by atoms with Gasteiger partial charge < -0.3 is 10.0 Å². The van der Waals surface area contributed by atoms with Gasteiger partial charge in [-0.1, -0.05) is 56.7 Å². The van der Waals surface area contributed by atoms with Crippen molar-refractivity contribution in [3.05, 3.63) is 71.3 Å². The van der Waals surface area contributed by atoms with Gasteiger partial charge in [0.2, 0.25) is 0 Å². The average Bonchev–Trinajstić information content (AvgIpc) is 3.29. The van der Waals surface area contributed by atoms with Gasteiger partial charge in [-0.2, -0.15) is 0 Å². The molecule has 1 N–H and O–H groups in total. The van der Waals surface area contributed by atoms with Crippen LogP contribution in [0.3, 0.4) is 0 Å². The van der Waals surface area contributed by atoms with Crippen molar-refractivity contribution in [1.82, 2.24) is 9.80 Å². The Morgan fingerprint density at radius 2 is 1.76 bits per heavy atom. The fourth-order valence-corrected chi connectivity index (χ4v) is 6.35. The Kier molecular flexibility index (Phi) is 9.71. The molecule has 2 fully saturated rings. The molecule has 6 heteroatoms. The van der Waals surface area contributed by atoms with E-state index in [0.717, 1.165) is 70.4 Å². The molecule has 0 spiro atoms. The van der Waals surface area contributed by atoms with Gasteiger partial charge in [0.25, 0.3) is 0 Å². The lowest BCUT2D eigenvalue weighted by molar-refractivity contribution is -0.143. The highest BCUT2D eigenvalue weighted by Crippen LogP contribution is 2.36. The summed E-state index contributed by atoms with van der Waals surface area (Å²) in [6, 6.07) is 14.4. The SMILES string of the molecule is CC(C)C[C@H](C(=O)O)N1C[C@H](CN2CCC(CCCc3ccc(F)c(F)c3)CC2)[C@@H](c2ccccc2)C1. The van der Waals surface area contributed by atoms with E-state index >= 15 is 0 Å². The molecule has 0 bridgehead atoms. The predicted octanol–water partition coefficient (Wildman–Crippen LogP) is 6.21. The zero-order valence-corrected chi connectivity index (χ0v) is 22.3. The van der Waals surface area contributed by atoms with Gasteiger partial charge in [0.05, 0.1) is 0 Å². The van der Waals surface area contributed by atoms with E-state index in [1.165, 1.54) is 17.7 Å². The summed E-state index contributed by atoms with van der Waals surface area (Å²) >= 11 is 0. The van der Waals surface area contributed by atoms with Crippen LogP contribution < -0.4 is 0 Å². The molecule has 37 heavy (non-hydrogen) atoms. The van der Waals surface area contributed by atoms with Crippen molar-refractivity contribution in [1.29, 1.82) is 0 Å². The van der Waals surface area contributed by atoms with Gasteiger partial charge in [-0.15, -0.1) is 0 Å². The van der Waals surface area contributed by atoms with E-state index in [1.54, 1.807) is 6.07 Å². The summed E-state index contributed by atoms with van der Waals surface area (Å²) in [6.07, 6.45) is 5.90. The summed E-state index contributed by atoms with van der Waals surface area (Å²) in [5, 5.41) is 9.96. The van der Waals surface area contributed by atoms with E-state index in [9.17, 15) is 18.7 Å². The molecule has 0 saturated carbocycles. The van der Waals surface area contributed by atoms with Crippen LogP contribution in [-0.2, 0) is 11.2 Å². The van der Waals surface area contributed by atoms with Gasteiger partial charge in [-0.25, -0.2) is 8.78 Å². The minimum absolute atomic E-state index is 0.344. The van der Waals surface area contributed by atoms with E-state index in [0.29, 0.717) is 30.1 Å². The molecule has 2 aliphatic heterocycles. The smallest absolute Gasteiger partial charge is 0.320 e. The minimum atomic E-state index is -0.783. The van der Waals surface area contributed by atoms with E-state index < -0.39 is 23.6 Å². The maximum atomic E-state index is 13.5. The van der Waals surface area contributed by atoms with E-state index in [-0.39, 0.29) is 0 Å². The number of hydrogen-bond donors (Lipinski definition) is 1. The first-order valence-electron chi connectivity index (χ1n) is 14.0. The second kappa shape index (κ2) is 13.0. The molecule has 0 amide bonds. The lowest BCUT2D eigenvalue weighted by atomic mass is 9.87. The van der Waals surface area contributed by atoms with Crippen LogP contribution in [0.2, 0.25) is 0 Å². The number of likely N-dealkylation sites (tertiary alicyclic amines) is 2. The molecule has 202 valence electrons. The number of carboxylic acid groups (broad SMARTS) is 1. The number of carboxylic acids is 1. The first-order valence-corrected chi connectivity index (χ1v) is 14.0. The molecule has 2 heterocycles. The van der Waals surface area contributed by atoms with Crippen LogP contribution >= 0.6 is 0 Å². The fraction of sp³-hybridized carbons (Fsp3) is 0.581. The molecule has 3 atom stereocenters. The third-order valence-electron chi connectivity index (χ3n) is 8.38. The van der Waals surface area contributed by atoms with E-state index in [2.05, 4.69) is 47.9 Å². The summed E-state index contributed by atoms with van der Waals surface area (Å²) in [5.74, 6) is -0.459. The molecule has 2 aromatic rings. The molecule has 4 nitrogen and oxygen atoms in total. The highest BCUT2D eigenvalue weighted by atomic mass is 19.2. The monoisotopic (exact) mass is 512 g/mol. The Balaban J connectivity index is 1.30. The van der Waals surface area contributed by atoms with Gasteiger partial charge in [0, 0.05) is 25.6 Å². The van der Waals surface area contributed by atoms with Gasteiger partial charge in [-0.05, 0) is 86.2 Å². The quantitative estimate of drug-likeness (QED) is 0.389. The molecular formula is C31H42F2N2O2. The zero-order valence-electron chi connectivity index (χ0n) is 22.3. The maximum absolute atomic E-state index is 13.5. The summed E-state index contributed by atoms with van der Waals surface area (Å²) in [5.41, 5.74) is 2.18. The largest absolute Gasteiger partial charge is 0.480 e. The standard InChI is InChI=1S/C31H42F2N2O2/c1-22(2)17-30(31(36)37)35-20-26(27(21-35)25-9-4-3-5-10-25)19-34-15-13-23(14-16-34)7-6-8-24-11-12-28(32)29(33)18-24/h3-5,9-12,18,22-23,26-27,30H,6-8,13-17,19-21H2,1-2H3,(H,36,37)/t26-,27+,30+/m0/s1. The molecule has 2 aliphatic rings. The van der Waals surface area contributed by atoms with E-state index in [1.807, 2.05) is 6.07 Å². The first-order chi connectivity index (χ1) is 17.8. The number of halogens is 2. The summed E-state index contributed by atoms with van der Waals surface area (Å²) < 4.78 is 26.6. The molecule has 0 radical (unpaired) electrons. The predicted molar refractivity (Wildman–Crippen MR) is 144 cm³/mol. The average molecular weight is 513 g/mol. The number of piperidine rings is 1. The highest BCUT2D eigenvalue weighted by molar-refractivity contribution is 5.73. The second-order valence-corrected chi connectivity index (χ2v) is 11.6. The molecular weight excluding hydrogens is 470 g/mol. The van der Waals surface area contributed by atoms with Crippen molar-refractivity contribution < 1.29 is 18.7 Å². The number of hydrogen-bond acceptors (Lipinski definition) is 3. The number of benzene rings is 2. The van der Waals surface area contributed by atoms with Crippen LogP contribution in [0, 0.1) is 29.4 Å². The molecule has 4 rings (SSSR count). The van der Waals surface area contributed by atoms with Gasteiger partial charge in [-0.3, -0.25) is 9.69 Å². The normalized spacial score (nSPS) is 22.5. The number of nitrogens with zero attached hydrogens (tertiary/aromatic N) is 2. The molecule has 2 saturated heterocycles. The second-order valence-electron chi connectivity index (χ2n) is 11.6. The number of aryl methyl sites for hydroxylation is 1. The van der Waals surface area contributed by atoms with Crippen molar-refractivity contribution in [3.8, 4) is 0 Å². The first kappa shape index (κ1) is 27.7. The lowest BCUT2D eigenvalue weighted by Crippen LogP contribution is -2.42. The summed E-state index contributed by atoms with van der Waals surface area (Å²) in [4.78, 5) is 16.9.